The van der Waals surface area contributed by atoms with Gasteiger partial charge in [0, 0.05) is 0 Å². The number of halogens is 1. The molecular formula is C11H17ClN6. The standard InChI is InChI=1S/C11H16N6.ClH/c12-10(13)16-17-11(14)15-9-5-7-3-1-2-4-8(7)6-9;/h1-4,9H,5-6H2,(H4,12,13,16)(H3,14,15,17);1H. The molecule has 0 atom stereocenters. The van der Waals surface area contributed by atoms with Crippen molar-refractivity contribution < 1.29 is 0 Å². The Kier molecular flexibility index (Phi) is 4.79. The average molecular weight is 269 g/mol. The van der Waals surface area contributed by atoms with Gasteiger partial charge in [0.15, 0.2) is 0 Å². The van der Waals surface area contributed by atoms with Gasteiger partial charge in [-0.15, -0.1) is 17.5 Å². The van der Waals surface area contributed by atoms with Gasteiger partial charge in [-0.3, -0.25) is 0 Å². The summed E-state index contributed by atoms with van der Waals surface area (Å²) in [6, 6.07) is 8.46. The highest BCUT2D eigenvalue weighted by Gasteiger charge is 2.20. The van der Waals surface area contributed by atoms with E-state index >= 15 is 0 Å². The van der Waals surface area contributed by atoms with Gasteiger partial charge < -0.3 is 17.2 Å². The summed E-state index contributed by atoms with van der Waals surface area (Å²) < 4.78 is 0. The van der Waals surface area contributed by atoms with Gasteiger partial charge in [0.05, 0.1) is 6.04 Å². The quantitative estimate of drug-likeness (QED) is 0.334. The van der Waals surface area contributed by atoms with Crippen molar-refractivity contribution in [2.45, 2.75) is 18.9 Å². The summed E-state index contributed by atoms with van der Waals surface area (Å²) >= 11 is 0. The summed E-state index contributed by atoms with van der Waals surface area (Å²) in [5, 5.41) is 3.58. The fourth-order valence-corrected chi connectivity index (χ4v) is 1.97. The molecule has 0 fully saturated rings. The van der Waals surface area contributed by atoms with Crippen molar-refractivity contribution in [3.8, 4) is 0 Å². The van der Waals surface area contributed by atoms with E-state index in [2.05, 4.69) is 27.7 Å². The van der Waals surface area contributed by atoms with Crippen molar-refractivity contribution in [2.75, 3.05) is 0 Å². The minimum absolute atomic E-state index is 0. The lowest BCUT2D eigenvalue weighted by molar-refractivity contribution is 0.714. The van der Waals surface area contributed by atoms with E-state index in [1.165, 1.54) is 11.1 Å². The predicted octanol–water partition coefficient (Wildman–Crippen LogP) is -0.332. The van der Waals surface area contributed by atoms with Crippen molar-refractivity contribution in [2.24, 2.45) is 27.3 Å². The van der Waals surface area contributed by atoms with Crippen LogP contribution in [-0.2, 0) is 12.8 Å². The fraction of sp³-hybridized carbons (Fsp3) is 0.273. The number of nitrogens with two attached hydrogens (primary N) is 3. The molecule has 0 aromatic heterocycles. The van der Waals surface area contributed by atoms with Crippen LogP contribution in [0, 0.1) is 0 Å². The van der Waals surface area contributed by atoms with Crippen molar-refractivity contribution in [3.05, 3.63) is 35.4 Å². The smallest absolute Gasteiger partial charge is 0.209 e. The summed E-state index contributed by atoms with van der Waals surface area (Å²) in [5.74, 6) is 0.161. The van der Waals surface area contributed by atoms with Gasteiger partial charge >= 0.3 is 0 Å². The largest absolute Gasteiger partial charge is 0.369 e. The zero-order chi connectivity index (χ0) is 12.3. The number of hydrogen-bond donors (Lipinski definition) is 4. The van der Waals surface area contributed by atoms with Gasteiger partial charge in [-0.05, 0) is 24.0 Å². The molecule has 0 spiro atoms. The fourth-order valence-electron chi connectivity index (χ4n) is 1.97. The third-order valence-corrected chi connectivity index (χ3v) is 2.65. The molecule has 7 heteroatoms. The molecule has 0 amide bonds. The summed E-state index contributed by atoms with van der Waals surface area (Å²) in [7, 11) is 0. The van der Waals surface area contributed by atoms with Crippen LogP contribution >= 0.6 is 12.4 Å². The van der Waals surface area contributed by atoms with Crippen LogP contribution in [0.2, 0.25) is 0 Å². The molecule has 0 saturated heterocycles. The monoisotopic (exact) mass is 268 g/mol. The summed E-state index contributed by atoms with van der Waals surface area (Å²) in [6.45, 7) is 0. The number of rotatable bonds is 2. The first kappa shape index (κ1) is 14.1. The van der Waals surface area contributed by atoms with Crippen LogP contribution in [0.1, 0.15) is 11.1 Å². The molecule has 1 aromatic carbocycles. The van der Waals surface area contributed by atoms with Crippen molar-refractivity contribution >= 4 is 24.3 Å². The number of hydrazone groups is 1. The lowest BCUT2D eigenvalue weighted by Crippen LogP contribution is -2.34. The van der Waals surface area contributed by atoms with E-state index in [4.69, 9.17) is 17.2 Å². The molecule has 1 aliphatic carbocycles. The van der Waals surface area contributed by atoms with Gasteiger partial charge in [0.25, 0.3) is 0 Å². The minimum atomic E-state index is -0.0714. The highest BCUT2D eigenvalue weighted by molar-refractivity contribution is 5.85. The summed E-state index contributed by atoms with van der Waals surface area (Å²) in [5.41, 5.74) is 21.2. The normalized spacial score (nSPS) is 14.6. The molecule has 6 nitrogen and oxygen atoms in total. The zero-order valence-electron chi connectivity index (χ0n) is 9.84. The molecule has 0 radical (unpaired) electrons. The highest BCUT2D eigenvalue weighted by Crippen LogP contribution is 2.23. The summed E-state index contributed by atoms with van der Waals surface area (Å²) in [6.07, 6.45) is 1.81. The maximum Gasteiger partial charge on any atom is 0.209 e. The lowest BCUT2D eigenvalue weighted by Gasteiger charge is -2.04. The second-order valence-electron chi connectivity index (χ2n) is 3.99. The molecule has 7 N–H and O–H groups in total. The molecule has 2 rings (SSSR count). The number of hydrogen-bond acceptors (Lipinski definition) is 2. The van der Waals surface area contributed by atoms with E-state index in [-0.39, 0.29) is 30.4 Å². The molecule has 98 valence electrons. The Balaban J connectivity index is 0.00000162. The number of nitrogens with one attached hydrogen (secondary N) is 1. The predicted molar refractivity (Wildman–Crippen MR) is 75.5 cm³/mol. The van der Waals surface area contributed by atoms with Crippen LogP contribution in [0.15, 0.2) is 34.4 Å². The zero-order valence-corrected chi connectivity index (χ0v) is 10.7. The third kappa shape index (κ3) is 3.53. The van der Waals surface area contributed by atoms with Crippen LogP contribution in [0.3, 0.4) is 0 Å². The first-order chi connectivity index (χ1) is 8.15. The van der Waals surface area contributed by atoms with Gasteiger partial charge in [-0.1, -0.05) is 24.3 Å². The Morgan fingerprint density at radius 2 is 1.67 bits per heavy atom. The Bertz CT molecular complexity index is 441. The topological polar surface area (TPSA) is 115 Å². The van der Waals surface area contributed by atoms with Gasteiger partial charge in [0.1, 0.15) is 0 Å². The number of aliphatic imine (C=N–C) groups is 1. The highest BCUT2D eigenvalue weighted by atomic mass is 35.5. The maximum atomic E-state index is 5.66. The molecule has 0 bridgehead atoms. The Labute approximate surface area is 112 Å². The van der Waals surface area contributed by atoms with Crippen LogP contribution in [0.5, 0.6) is 0 Å². The van der Waals surface area contributed by atoms with E-state index in [1.54, 1.807) is 0 Å². The van der Waals surface area contributed by atoms with Crippen LogP contribution in [0.25, 0.3) is 0 Å². The molecule has 18 heavy (non-hydrogen) atoms. The molecule has 0 aliphatic heterocycles. The Hall–Kier alpha value is -1.95. The van der Waals surface area contributed by atoms with Crippen LogP contribution in [-0.4, -0.2) is 18.0 Å². The van der Waals surface area contributed by atoms with Gasteiger partial charge in [-0.2, -0.15) is 0 Å². The third-order valence-electron chi connectivity index (χ3n) is 2.65. The second kappa shape index (κ2) is 6.11. The SMILES string of the molecule is Cl.NC(N)=NNC(N)=NC1Cc2ccccc2C1. The Morgan fingerprint density at radius 3 is 2.17 bits per heavy atom. The van der Waals surface area contributed by atoms with Gasteiger partial charge in [-0.25, -0.2) is 10.4 Å². The molecule has 0 heterocycles. The van der Waals surface area contributed by atoms with E-state index in [0.29, 0.717) is 0 Å². The minimum Gasteiger partial charge on any atom is -0.369 e. The van der Waals surface area contributed by atoms with Crippen molar-refractivity contribution in [3.63, 3.8) is 0 Å². The first-order valence-electron chi connectivity index (χ1n) is 5.40. The number of benzene rings is 1. The number of fused-ring (bicyclic) bond motifs is 1. The van der Waals surface area contributed by atoms with E-state index in [1.807, 2.05) is 12.1 Å². The van der Waals surface area contributed by atoms with Crippen LogP contribution in [0.4, 0.5) is 0 Å². The number of nitrogens with zero attached hydrogens (tertiary/aromatic N) is 2. The molecule has 0 saturated carbocycles. The lowest BCUT2D eigenvalue weighted by atomic mass is 10.1. The van der Waals surface area contributed by atoms with Crippen molar-refractivity contribution in [1.29, 1.82) is 0 Å². The van der Waals surface area contributed by atoms with Crippen molar-refractivity contribution in [1.82, 2.24) is 5.43 Å². The summed E-state index contributed by atoms with van der Waals surface area (Å²) in [4.78, 5) is 4.33. The molecular weight excluding hydrogens is 252 g/mol. The van der Waals surface area contributed by atoms with E-state index in [0.717, 1.165) is 12.8 Å². The number of guanidine groups is 2. The Morgan fingerprint density at radius 1 is 1.11 bits per heavy atom. The first-order valence-corrected chi connectivity index (χ1v) is 5.40. The average Bonchev–Trinajstić information content (AvgIpc) is 2.68. The molecule has 0 unspecified atom stereocenters. The second-order valence-corrected chi connectivity index (χ2v) is 3.99. The van der Waals surface area contributed by atoms with E-state index < -0.39 is 0 Å². The van der Waals surface area contributed by atoms with E-state index in [9.17, 15) is 0 Å². The molecule has 1 aromatic rings. The maximum absolute atomic E-state index is 5.66. The van der Waals surface area contributed by atoms with Crippen LogP contribution < -0.4 is 22.6 Å². The molecule has 1 aliphatic rings. The van der Waals surface area contributed by atoms with Gasteiger partial charge in [0.2, 0.25) is 11.9 Å².